The molecule has 2 aromatic heterocycles. The van der Waals surface area contributed by atoms with Crippen LogP contribution in [0.3, 0.4) is 0 Å². The van der Waals surface area contributed by atoms with Gasteiger partial charge in [0.15, 0.2) is 11.2 Å². The molecule has 2 N–H and O–H groups in total. The van der Waals surface area contributed by atoms with Gasteiger partial charge in [0, 0.05) is 20.1 Å². The van der Waals surface area contributed by atoms with E-state index in [4.69, 9.17) is 4.74 Å². The van der Waals surface area contributed by atoms with Crippen LogP contribution >= 0.6 is 0 Å². The fourth-order valence-corrected chi connectivity index (χ4v) is 3.31. The van der Waals surface area contributed by atoms with E-state index in [1.54, 1.807) is 7.05 Å². The van der Waals surface area contributed by atoms with Crippen LogP contribution in [-0.4, -0.2) is 37.5 Å². The van der Waals surface area contributed by atoms with Gasteiger partial charge in [-0.15, -0.1) is 0 Å². The Bertz CT molecular complexity index is 1210. The van der Waals surface area contributed by atoms with Gasteiger partial charge in [0.25, 0.3) is 5.56 Å². The first kappa shape index (κ1) is 23.0. The maximum Gasteiger partial charge on any atom is 0.330 e. The summed E-state index contributed by atoms with van der Waals surface area (Å²) in [4.78, 5) is 55.1. The molecule has 3 aromatic rings. The lowest BCUT2D eigenvalue weighted by atomic mass is 10.1. The molecule has 170 valence electrons. The number of amides is 1. The van der Waals surface area contributed by atoms with Crippen LogP contribution in [0.5, 0.6) is 0 Å². The van der Waals surface area contributed by atoms with Crippen LogP contribution in [0.4, 0.5) is 0 Å². The van der Waals surface area contributed by atoms with Crippen molar-refractivity contribution < 1.29 is 14.3 Å². The predicted molar refractivity (Wildman–Crippen MR) is 118 cm³/mol. The number of ether oxygens (including phenoxy) is 1. The van der Waals surface area contributed by atoms with Crippen molar-refractivity contribution in [1.29, 1.82) is 0 Å². The van der Waals surface area contributed by atoms with Crippen LogP contribution in [0.25, 0.3) is 11.2 Å². The van der Waals surface area contributed by atoms with Gasteiger partial charge >= 0.3 is 11.7 Å². The van der Waals surface area contributed by atoms with Gasteiger partial charge in [0.2, 0.25) is 5.91 Å². The maximum atomic E-state index is 12.3. The minimum Gasteiger partial charge on any atom is -0.457 e. The smallest absolute Gasteiger partial charge is 0.330 e. The lowest BCUT2D eigenvalue weighted by molar-refractivity contribution is -0.145. The number of aryl methyl sites for hydroxylation is 2. The number of benzene rings is 1. The van der Waals surface area contributed by atoms with E-state index in [0.717, 1.165) is 18.4 Å². The van der Waals surface area contributed by atoms with Crippen LogP contribution in [0.15, 0.2) is 39.9 Å². The molecule has 0 unspecified atom stereocenters. The number of hydrogen-bond donors (Lipinski definition) is 2. The topological polar surface area (TPSA) is 128 Å². The second-order valence-electron chi connectivity index (χ2n) is 7.45. The molecule has 1 aromatic carbocycles. The monoisotopic (exact) mass is 441 g/mol. The first-order chi connectivity index (χ1) is 15.4. The largest absolute Gasteiger partial charge is 0.457 e. The van der Waals surface area contributed by atoms with Crippen LogP contribution < -0.4 is 16.6 Å². The van der Waals surface area contributed by atoms with Crippen molar-refractivity contribution in [1.82, 2.24) is 24.4 Å². The van der Waals surface area contributed by atoms with Crippen molar-refractivity contribution in [2.75, 3.05) is 6.54 Å². The third-order valence-electron chi connectivity index (χ3n) is 5.06. The molecule has 0 aliphatic rings. The Morgan fingerprint density at radius 3 is 2.66 bits per heavy atom. The summed E-state index contributed by atoms with van der Waals surface area (Å²) in [6.07, 6.45) is 1.89. The average molecular weight is 441 g/mol. The molecule has 0 saturated heterocycles. The molecule has 3 rings (SSSR count). The molecule has 10 nitrogen and oxygen atoms in total. The molecule has 10 heteroatoms. The van der Waals surface area contributed by atoms with Gasteiger partial charge in [0.1, 0.15) is 12.4 Å². The number of nitrogens with one attached hydrogen (secondary N) is 2. The lowest BCUT2D eigenvalue weighted by Crippen LogP contribution is -2.31. The van der Waals surface area contributed by atoms with Gasteiger partial charge < -0.3 is 14.6 Å². The molecule has 0 radical (unpaired) electrons. The van der Waals surface area contributed by atoms with E-state index < -0.39 is 17.2 Å². The van der Waals surface area contributed by atoms with Gasteiger partial charge in [-0.1, -0.05) is 43.7 Å². The Kier molecular flexibility index (Phi) is 7.58. The van der Waals surface area contributed by atoms with Crippen LogP contribution in [0.2, 0.25) is 0 Å². The highest BCUT2D eigenvalue weighted by molar-refractivity contribution is 5.79. The van der Waals surface area contributed by atoms with E-state index in [1.807, 2.05) is 37.3 Å². The van der Waals surface area contributed by atoms with Gasteiger partial charge in [-0.05, 0) is 12.0 Å². The molecule has 2 heterocycles. The Hall–Kier alpha value is -3.69. The molecule has 0 aliphatic heterocycles. The van der Waals surface area contributed by atoms with E-state index in [9.17, 15) is 19.2 Å². The summed E-state index contributed by atoms with van der Waals surface area (Å²) < 4.78 is 8.20. The zero-order valence-corrected chi connectivity index (χ0v) is 18.2. The number of nitrogens with zero attached hydrogens (tertiary/aromatic N) is 3. The highest BCUT2D eigenvalue weighted by Crippen LogP contribution is 2.11. The molecule has 0 fully saturated rings. The number of unbranched alkanes of at least 4 members (excludes halogenated alkanes) is 1. The molecular formula is C22H27N5O5. The summed E-state index contributed by atoms with van der Waals surface area (Å²) >= 11 is 0. The van der Waals surface area contributed by atoms with Crippen molar-refractivity contribution in [3.05, 3.63) is 62.6 Å². The fourth-order valence-electron chi connectivity index (χ4n) is 3.31. The molecular weight excluding hydrogens is 414 g/mol. The van der Waals surface area contributed by atoms with Gasteiger partial charge in [-0.3, -0.25) is 23.9 Å². The molecule has 32 heavy (non-hydrogen) atoms. The Morgan fingerprint density at radius 2 is 1.94 bits per heavy atom. The molecule has 0 saturated carbocycles. The van der Waals surface area contributed by atoms with Crippen molar-refractivity contribution in [2.24, 2.45) is 7.05 Å². The summed E-state index contributed by atoms with van der Waals surface area (Å²) in [6, 6.07) is 9.31. The second kappa shape index (κ2) is 10.6. The standard InChI is InChI=1S/C22H27N5O5/c1-3-4-12-27-20-19(21(30)25-22(27)31)26(2)16(24-20)14-32-18(29)10-11-23-17(28)13-15-8-6-5-7-9-15/h5-9H,3-4,10-14H2,1-2H3,(H,23,28)(H,25,30,31). The number of carbonyl (C=O) groups excluding carboxylic acids is 2. The highest BCUT2D eigenvalue weighted by atomic mass is 16.5. The van der Waals surface area contributed by atoms with Crippen molar-refractivity contribution in [3.8, 4) is 0 Å². The average Bonchev–Trinajstić information content (AvgIpc) is 3.09. The number of rotatable bonds is 10. The number of fused-ring (bicyclic) bond motifs is 1. The Balaban J connectivity index is 1.57. The van der Waals surface area contributed by atoms with E-state index in [1.165, 1.54) is 9.13 Å². The summed E-state index contributed by atoms with van der Waals surface area (Å²) in [5.74, 6) is -0.333. The summed E-state index contributed by atoms with van der Waals surface area (Å²) in [5.41, 5.74) is 0.367. The van der Waals surface area contributed by atoms with Gasteiger partial charge in [-0.25, -0.2) is 9.78 Å². The summed E-state index contributed by atoms with van der Waals surface area (Å²) in [5, 5.41) is 2.69. The van der Waals surface area contributed by atoms with Crippen molar-refractivity contribution >= 4 is 23.0 Å². The zero-order chi connectivity index (χ0) is 23.1. The van der Waals surface area contributed by atoms with Crippen LogP contribution in [0.1, 0.15) is 37.6 Å². The fraction of sp³-hybridized carbons (Fsp3) is 0.409. The molecule has 0 spiro atoms. The van der Waals surface area contributed by atoms with Crippen molar-refractivity contribution in [2.45, 2.75) is 45.8 Å². The number of aromatic amines is 1. The third-order valence-corrected chi connectivity index (χ3v) is 5.06. The van der Waals surface area contributed by atoms with Crippen LogP contribution in [-0.2, 0) is 40.9 Å². The predicted octanol–water partition coefficient (Wildman–Crippen LogP) is 1.02. The van der Waals surface area contributed by atoms with E-state index in [2.05, 4.69) is 15.3 Å². The molecule has 0 aliphatic carbocycles. The zero-order valence-electron chi connectivity index (χ0n) is 18.2. The number of H-pyrrole nitrogens is 1. The molecule has 1 amide bonds. The normalized spacial score (nSPS) is 10.9. The van der Waals surface area contributed by atoms with Crippen LogP contribution in [0, 0.1) is 0 Å². The first-order valence-corrected chi connectivity index (χ1v) is 10.5. The third kappa shape index (κ3) is 5.51. The molecule has 0 bridgehead atoms. The summed E-state index contributed by atoms with van der Waals surface area (Å²) in [6.45, 7) is 2.44. The molecule has 0 atom stereocenters. The van der Waals surface area contributed by atoms with Gasteiger partial charge in [0.05, 0.1) is 12.8 Å². The Labute approximate surface area is 184 Å². The van der Waals surface area contributed by atoms with E-state index in [0.29, 0.717) is 12.4 Å². The maximum absolute atomic E-state index is 12.3. The van der Waals surface area contributed by atoms with E-state index in [-0.39, 0.29) is 43.1 Å². The first-order valence-electron chi connectivity index (χ1n) is 10.5. The number of imidazole rings is 1. The number of hydrogen-bond acceptors (Lipinski definition) is 6. The number of carbonyl (C=O) groups is 2. The second-order valence-corrected chi connectivity index (χ2v) is 7.45. The number of aromatic nitrogens is 4. The SMILES string of the molecule is CCCCn1c(=O)[nH]c(=O)c2c1nc(COC(=O)CCNC(=O)Cc1ccccc1)n2C. The quantitative estimate of drug-likeness (QED) is 0.452. The van der Waals surface area contributed by atoms with E-state index >= 15 is 0 Å². The van der Waals surface area contributed by atoms with Crippen molar-refractivity contribution in [3.63, 3.8) is 0 Å². The minimum atomic E-state index is -0.536. The van der Waals surface area contributed by atoms with Gasteiger partial charge in [-0.2, -0.15) is 0 Å². The Morgan fingerprint density at radius 1 is 1.19 bits per heavy atom. The number of esters is 1. The minimum absolute atomic E-state index is 0.00621. The summed E-state index contributed by atoms with van der Waals surface area (Å²) in [7, 11) is 1.63. The lowest BCUT2D eigenvalue weighted by Gasteiger charge is -2.07. The highest BCUT2D eigenvalue weighted by Gasteiger charge is 2.17.